The zero-order valence-electron chi connectivity index (χ0n) is 16.8. The summed E-state index contributed by atoms with van der Waals surface area (Å²) in [5.41, 5.74) is 3.56. The van der Waals surface area contributed by atoms with Crippen LogP contribution in [0.25, 0.3) is 0 Å². The van der Waals surface area contributed by atoms with Crippen molar-refractivity contribution >= 4 is 29.9 Å². The van der Waals surface area contributed by atoms with Gasteiger partial charge in [0.2, 0.25) is 0 Å². The third-order valence-corrected chi connectivity index (χ3v) is 4.58. The number of alkyl halides is 3. The van der Waals surface area contributed by atoms with Gasteiger partial charge in [-0.3, -0.25) is 9.89 Å². The number of rotatable bonds is 5. The van der Waals surface area contributed by atoms with E-state index in [9.17, 15) is 13.2 Å². The Bertz CT molecular complexity index is 655. The maximum absolute atomic E-state index is 12.4. The Morgan fingerprint density at radius 1 is 1.36 bits per heavy atom. The molecule has 0 radical (unpaired) electrons. The summed E-state index contributed by atoms with van der Waals surface area (Å²) in [6.07, 6.45) is -4.23. The lowest BCUT2D eigenvalue weighted by Gasteiger charge is -2.36. The Hall–Kier alpha value is -1.07. The minimum atomic E-state index is -4.18. The van der Waals surface area contributed by atoms with Gasteiger partial charge >= 0.3 is 6.18 Å². The number of nitrogens with zero attached hydrogens (tertiary/aromatic N) is 3. The van der Waals surface area contributed by atoms with Crippen molar-refractivity contribution in [3.8, 4) is 0 Å². The first-order chi connectivity index (χ1) is 12.7. The summed E-state index contributed by atoms with van der Waals surface area (Å²) in [6.45, 7) is 5.82. The monoisotopic (exact) mass is 514 g/mol. The molecule has 9 heteroatoms. The highest BCUT2D eigenvalue weighted by Gasteiger charge is 2.29. The van der Waals surface area contributed by atoms with E-state index in [1.165, 1.54) is 23.1 Å². The van der Waals surface area contributed by atoms with Gasteiger partial charge in [0, 0.05) is 26.7 Å². The van der Waals surface area contributed by atoms with E-state index in [-0.39, 0.29) is 36.6 Å². The maximum Gasteiger partial charge on any atom is 0.401 e. The Balaban J connectivity index is 0.00000392. The molecule has 1 heterocycles. The van der Waals surface area contributed by atoms with Crippen molar-refractivity contribution in [2.75, 3.05) is 53.4 Å². The van der Waals surface area contributed by atoms with Crippen LogP contribution < -0.4 is 5.32 Å². The molecule has 1 unspecified atom stereocenters. The summed E-state index contributed by atoms with van der Waals surface area (Å²) >= 11 is 0. The number of aliphatic imine (C=N–C) groups is 1. The van der Waals surface area contributed by atoms with Crippen LogP contribution in [0.15, 0.2) is 23.2 Å². The summed E-state index contributed by atoms with van der Waals surface area (Å²) in [4.78, 5) is 7.63. The Morgan fingerprint density at radius 2 is 2.07 bits per heavy atom. The zero-order valence-corrected chi connectivity index (χ0v) is 19.2. The molecule has 160 valence electrons. The topological polar surface area (TPSA) is 40.1 Å². The predicted octanol–water partition coefficient (Wildman–Crippen LogP) is 3.36. The predicted molar refractivity (Wildman–Crippen MR) is 117 cm³/mol. The lowest BCUT2D eigenvalue weighted by molar-refractivity contribution is -0.142. The molecule has 5 nitrogen and oxygen atoms in total. The van der Waals surface area contributed by atoms with E-state index < -0.39 is 12.7 Å². The number of ether oxygens (including phenoxy) is 1. The fraction of sp³-hybridized carbons (Fsp3) is 0.632. The lowest BCUT2D eigenvalue weighted by atomic mass is 10.00. The van der Waals surface area contributed by atoms with Gasteiger partial charge < -0.3 is 15.0 Å². The van der Waals surface area contributed by atoms with Gasteiger partial charge in [0.1, 0.15) is 6.10 Å². The summed E-state index contributed by atoms with van der Waals surface area (Å²) in [5, 5.41) is 3.16. The smallest absolute Gasteiger partial charge is 0.370 e. The number of nitrogens with one attached hydrogen (secondary N) is 1. The van der Waals surface area contributed by atoms with Crippen molar-refractivity contribution in [1.29, 1.82) is 0 Å². The molecule has 0 aromatic heterocycles. The third kappa shape index (κ3) is 7.75. The summed E-state index contributed by atoms with van der Waals surface area (Å²) in [5.74, 6) is 0.688. The molecule has 1 aliphatic heterocycles. The number of halogens is 4. The molecule has 1 atom stereocenters. The molecule has 1 fully saturated rings. The minimum Gasteiger partial charge on any atom is -0.370 e. The van der Waals surface area contributed by atoms with E-state index >= 15 is 0 Å². The standard InChI is InChI=1S/C19H29F3N4O.HI/c1-14-5-6-16(15(2)11-14)17-12-26(9-10-27-17)18(23-3)24-7-8-25(4)13-19(20,21)22;/h5-6,11,17H,7-10,12-13H2,1-4H3,(H,23,24);1H. The molecule has 1 aromatic carbocycles. The molecule has 28 heavy (non-hydrogen) atoms. The number of morpholine rings is 1. The van der Waals surface area contributed by atoms with E-state index in [4.69, 9.17) is 4.74 Å². The molecule has 0 spiro atoms. The van der Waals surface area contributed by atoms with Crippen molar-refractivity contribution in [2.45, 2.75) is 26.1 Å². The van der Waals surface area contributed by atoms with E-state index in [0.717, 1.165) is 5.56 Å². The first-order valence-electron chi connectivity index (χ1n) is 9.09. The second-order valence-electron chi connectivity index (χ2n) is 6.99. The normalized spacial score (nSPS) is 18.2. The molecule has 1 aromatic rings. The van der Waals surface area contributed by atoms with Gasteiger partial charge in [0.25, 0.3) is 0 Å². The SMILES string of the molecule is CN=C(NCCN(C)CC(F)(F)F)N1CCOC(c2ccc(C)cc2C)C1.I. The van der Waals surface area contributed by atoms with Gasteiger partial charge in [-0.15, -0.1) is 24.0 Å². The van der Waals surface area contributed by atoms with Gasteiger partial charge in [-0.1, -0.05) is 23.8 Å². The second kappa shape index (κ2) is 11.2. The average molecular weight is 514 g/mol. The summed E-state index contributed by atoms with van der Waals surface area (Å²) in [6, 6.07) is 6.32. The van der Waals surface area contributed by atoms with Crippen LogP contribution in [-0.4, -0.2) is 75.4 Å². The fourth-order valence-electron chi connectivity index (χ4n) is 3.29. The highest BCUT2D eigenvalue weighted by Crippen LogP contribution is 2.25. The highest BCUT2D eigenvalue weighted by molar-refractivity contribution is 14.0. The van der Waals surface area contributed by atoms with Gasteiger partial charge in [-0.2, -0.15) is 13.2 Å². The average Bonchev–Trinajstić information content (AvgIpc) is 2.57. The molecule has 1 saturated heterocycles. The molecule has 1 N–H and O–H groups in total. The van der Waals surface area contributed by atoms with Crippen LogP contribution in [0.4, 0.5) is 13.2 Å². The quantitative estimate of drug-likeness (QED) is 0.372. The third-order valence-electron chi connectivity index (χ3n) is 4.58. The highest BCUT2D eigenvalue weighted by atomic mass is 127. The van der Waals surface area contributed by atoms with E-state index in [1.54, 1.807) is 7.05 Å². The van der Waals surface area contributed by atoms with Crippen molar-refractivity contribution in [1.82, 2.24) is 15.1 Å². The minimum absolute atomic E-state index is 0. The second-order valence-corrected chi connectivity index (χ2v) is 6.99. The number of aryl methyl sites for hydroxylation is 2. The van der Waals surface area contributed by atoms with E-state index in [1.807, 2.05) is 0 Å². The molecule has 0 amide bonds. The molecule has 0 aliphatic carbocycles. The van der Waals surface area contributed by atoms with E-state index in [2.05, 4.69) is 47.3 Å². The van der Waals surface area contributed by atoms with Gasteiger partial charge in [-0.25, -0.2) is 0 Å². The van der Waals surface area contributed by atoms with Crippen LogP contribution in [0.3, 0.4) is 0 Å². The summed E-state index contributed by atoms with van der Waals surface area (Å²) in [7, 11) is 3.15. The van der Waals surface area contributed by atoms with Crippen molar-refractivity contribution in [3.63, 3.8) is 0 Å². The van der Waals surface area contributed by atoms with Crippen LogP contribution in [0.1, 0.15) is 22.8 Å². The van der Waals surface area contributed by atoms with Gasteiger partial charge in [0.15, 0.2) is 5.96 Å². The Morgan fingerprint density at radius 3 is 2.68 bits per heavy atom. The molecule has 1 aliphatic rings. The van der Waals surface area contributed by atoms with Gasteiger partial charge in [0.05, 0.1) is 19.7 Å². The van der Waals surface area contributed by atoms with Crippen LogP contribution in [0.2, 0.25) is 0 Å². The van der Waals surface area contributed by atoms with Crippen LogP contribution in [0, 0.1) is 13.8 Å². The van der Waals surface area contributed by atoms with Crippen molar-refractivity contribution in [2.24, 2.45) is 4.99 Å². The number of likely N-dealkylation sites (N-methyl/N-ethyl adjacent to an activating group) is 1. The van der Waals surface area contributed by atoms with Crippen molar-refractivity contribution < 1.29 is 17.9 Å². The van der Waals surface area contributed by atoms with Crippen LogP contribution >= 0.6 is 24.0 Å². The largest absolute Gasteiger partial charge is 0.401 e. The first-order valence-corrected chi connectivity index (χ1v) is 9.09. The Kier molecular flexibility index (Phi) is 9.99. The fourth-order valence-corrected chi connectivity index (χ4v) is 3.29. The number of hydrogen-bond acceptors (Lipinski definition) is 3. The van der Waals surface area contributed by atoms with Crippen LogP contribution in [0.5, 0.6) is 0 Å². The molecule has 0 saturated carbocycles. The molecular formula is C19H30F3IN4O. The number of guanidine groups is 1. The Labute approximate surface area is 182 Å². The van der Waals surface area contributed by atoms with E-state index in [0.29, 0.717) is 32.2 Å². The molecule has 0 bridgehead atoms. The number of benzene rings is 1. The molecular weight excluding hydrogens is 484 g/mol. The zero-order chi connectivity index (χ0) is 20.0. The van der Waals surface area contributed by atoms with Gasteiger partial charge in [-0.05, 0) is 32.0 Å². The van der Waals surface area contributed by atoms with Crippen LogP contribution in [-0.2, 0) is 4.74 Å². The molecule has 2 rings (SSSR count). The summed E-state index contributed by atoms with van der Waals surface area (Å²) < 4.78 is 43.2. The van der Waals surface area contributed by atoms with Crippen molar-refractivity contribution in [3.05, 3.63) is 34.9 Å². The lowest BCUT2D eigenvalue weighted by Crippen LogP contribution is -2.49. The maximum atomic E-state index is 12.4. The first kappa shape index (κ1) is 25.0. The number of hydrogen-bond donors (Lipinski definition) is 1.